The SMILES string of the molecule is CC(C)(C)OC(=O)N1CCC[C@H]1c1cc(-c2nccnc2Cl)no1. The van der Waals surface area contributed by atoms with Crippen LogP contribution < -0.4 is 0 Å². The lowest BCUT2D eigenvalue weighted by molar-refractivity contribution is 0.0204. The van der Waals surface area contributed by atoms with Crippen LogP contribution in [-0.4, -0.2) is 38.3 Å². The second-order valence-electron chi connectivity index (χ2n) is 6.64. The quantitative estimate of drug-likeness (QED) is 0.818. The minimum Gasteiger partial charge on any atom is -0.444 e. The molecule has 0 N–H and O–H groups in total. The van der Waals surface area contributed by atoms with Crippen LogP contribution in [0.25, 0.3) is 11.4 Å². The normalized spacial score (nSPS) is 18.0. The third-order valence-corrected chi connectivity index (χ3v) is 3.91. The zero-order chi connectivity index (χ0) is 17.3. The van der Waals surface area contributed by atoms with Gasteiger partial charge in [0.2, 0.25) is 0 Å². The highest BCUT2D eigenvalue weighted by molar-refractivity contribution is 6.31. The Morgan fingerprint density at radius 1 is 1.38 bits per heavy atom. The number of aromatic nitrogens is 3. The molecule has 128 valence electrons. The second kappa shape index (κ2) is 6.39. The van der Waals surface area contributed by atoms with Crippen molar-refractivity contribution in [1.82, 2.24) is 20.0 Å². The summed E-state index contributed by atoms with van der Waals surface area (Å²) in [6.07, 6.45) is 4.38. The van der Waals surface area contributed by atoms with Crippen molar-refractivity contribution < 1.29 is 14.1 Å². The molecule has 2 aromatic heterocycles. The standard InChI is InChI=1S/C16H19ClN4O3/c1-16(2,3)23-15(22)21-8-4-5-11(21)12-9-10(20-24-12)13-14(17)19-7-6-18-13/h6-7,9,11H,4-5,8H2,1-3H3/t11-/m0/s1. The molecule has 1 fully saturated rings. The second-order valence-corrected chi connectivity index (χ2v) is 7.00. The maximum atomic E-state index is 12.4. The van der Waals surface area contributed by atoms with Gasteiger partial charge in [0.05, 0.1) is 6.04 Å². The average Bonchev–Trinajstić information content (AvgIpc) is 3.14. The van der Waals surface area contributed by atoms with Gasteiger partial charge >= 0.3 is 6.09 Å². The summed E-state index contributed by atoms with van der Waals surface area (Å²) in [5, 5.41) is 4.28. The lowest BCUT2D eigenvalue weighted by Crippen LogP contribution is -2.36. The fourth-order valence-electron chi connectivity index (χ4n) is 2.65. The first-order chi connectivity index (χ1) is 11.3. The third kappa shape index (κ3) is 3.51. The molecular formula is C16H19ClN4O3. The highest BCUT2D eigenvalue weighted by atomic mass is 35.5. The van der Waals surface area contributed by atoms with E-state index in [0.29, 0.717) is 23.7 Å². The number of amides is 1. The van der Waals surface area contributed by atoms with E-state index in [9.17, 15) is 4.79 Å². The van der Waals surface area contributed by atoms with Crippen LogP contribution in [-0.2, 0) is 4.74 Å². The molecule has 1 saturated heterocycles. The average molecular weight is 351 g/mol. The van der Waals surface area contributed by atoms with Crippen LogP contribution in [0.4, 0.5) is 4.79 Å². The largest absolute Gasteiger partial charge is 0.444 e. The van der Waals surface area contributed by atoms with Crippen molar-refractivity contribution >= 4 is 17.7 Å². The van der Waals surface area contributed by atoms with Gasteiger partial charge < -0.3 is 9.26 Å². The predicted octanol–water partition coefficient (Wildman–Crippen LogP) is 3.86. The first-order valence-electron chi connectivity index (χ1n) is 7.78. The fraction of sp³-hybridized carbons (Fsp3) is 0.500. The molecule has 1 aliphatic rings. The number of halogens is 1. The number of likely N-dealkylation sites (tertiary alicyclic amines) is 1. The van der Waals surface area contributed by atoms with Crippen LogP contribution in [0.2, 0.25) is 5.15 Å². The number of rotatable bonds is 2. The zero-order valence-corrected chi connectivity index (χ0v) is 14.6. The van der Waals surface area contributed by atoms with E-state index in [1.54, 1.807) is 11.0 Å². The van der Waals surface area contributed by atoms with Gasteiger partial charge in [0.25, 0.3) is 0 Å². The molecule has 0 saturated carbocycles. The molecule has 7 nitrogen and oxygen atoms in total. The molecule has 1 amide bonds. The highest BCUT2D eigenvalue weighted by Crippen LogP contribution is 2.35. The van der Waals surface area contributed by atoms with Gasteiger partial charge in [0.15, 0.2) is 10.9 Å². The lowest BCUT2D eigenvalue weighted by atomic mass is 10.1. The van der Waals surface area contributed by atoms with Gasteiger partial charge in [-0.05, 0) is 33.6 Å². The van der Waals surface area contributed by atoms with E-state index in [-0.39, 0.29) is 17.3 Å². The number of hydrogen-bond donors (Lipinski definition) is 0. The van der Waals surface area contributed by atoms with E-state index in [4.69, 9.17) is 20.9 Å². The minimum atomic E-state index is -0.538. The summed E-state index contributed by atoms with van der Waals surface area (Å²) >= 11 is 6.04. The van der Waals surface area contributed by atoms with Crippen molar-refractivity contribution in [3.63, 3.8) is 0 Å². The van der Waals surface area contributed by atoms with E-state index in [1.165, 1.54) is 12.4 Å². The Labute approximate surface area is 145 Å². The summed E-state index contributed by atoms with van der Waals surface area (Å²) in [6, 6.07) is 1.56. The molecular weight excluding hydrogens is 332 g/mol. The first kappa shape index (κ1) is 16.7. The third-order valence-electron chi connectivity index (χ3n) is 3.63. The van der Waals surface area contributed by atoms with Crippen molar-refractivity contribution in [2.24, 2.45) is 0 Å². The Morgan fingerprint density at radius 3 is 2.83 bits per heavy atom. The van der Waals surface area contributed by atoms with E-state index >= 15 is 0 Å². The molecule has 1 aliphatic heterocycles. The van der Waals surface area contributed by atoms with Crippen LogP contribution in [0.3, 0.4) is 0 Å². The van der Waals surface area contributed by atoms with Crippen LogP contribution in [0.1, 0.15) is 45.4 Å². The minimum absolute atomic E-state index is 0.198. The summed E-state index contributed by atoms with van der Waals surface area (Å²) < 4.78 is 10.9. The predicted molar refractivity (Wildman–Crippen MR) is 87.5 cm³/mol. The maximum absolute atomic E-state index is 12.4. The monoisotopic (exact) mass is 350 g/mol. The molecule has 2 aromatic rings. The van der Waals surface area contributed by atoms with Gasteiger partial charge in [-0.1, -0.05) is 16.8 Å². The summed E-state index contributed by atoms with van der Waals surface area (Å²) in [5.41, 5.74) is 0.416. The molecule has 8 heteroatoms. The molecule has 0 aliphatic carbocycles. The molecule has 0 unspecified atom stereocenters. The Kier molecular flexibility index (Phi) is 4.45. The maximum Gasteiger partial charge on any atom is 0.410 e. The van der Waals surface area contributed by atoms with Crippen LogP contribution >= 0.6 is 11.6 Å². The fourth-order valence-corrected chi connectivity index (χ4v) is 2.85. The van der Waals surface area contributed by atoms with Crippen molar-refractivity contribution in [3.8, 4) is 11.4 Å². The van der Waals surface area contributed by atoms with Crippen molar-refractivity contribution in [3.05, 3.63) is 29.4 Å². The van der Waals surface area contributed by atoms with Gasteiger partial charge in [-0.25, -0.2) is 14.8 Å². The molecule has 0 radical (unpaired) electrons. The van der Waals surface area contributed by atoms with Crippen LogP contribution in [0.5, 0.6) is 0 Å². The molecule has 0 bridgehead atoms. The van der Waals surface area contributed by atoms with Crippen molar-refractivity contribution in [2.45, 2.75) is 45.3 Å². The molecule has 0 aromatic carbocycles. The summed E-state index contributed by atoms with van der Waals surface area (Å²) in [7, 11) is 0. The summed E-state index contributed by atoms with van der Waals surface area (Å²) in [6.45, 7) is 6.16. The Balaban J connectivity index is 1.81. The van der Waals surface area contributed by atoms with E-state index in [2.05, 4.69) is 15.1 Å². The Bertz CT molecular complexity index is 741. The molecule has 3 heterocycles. The smallest absolute Gasteiger partial charge is 0.410 e. The number of hydrogen-bond acceptors (Lipinski definition) is 6. The van der Waals surface area contributed by atoms with Gasteiger partial charge in [-0.3, -0.25) is 4.90 Å². The number of carbonyl (C=O) groups is 1. The topological polar surface area (TPSA) is 81.4 Å². The van der Waals surface area contributed by atoms with Gasteiger partial charge in [0.1, 0.15) is 17.0 Å². The van der Waals surface area contributed by atoms with Gasteiger partial charge in [0, 0.05) is 25.0 Å². The van der Waals surface area contributed by atoms with Gasteiger partial charge in [-0.15, -0.1) is 0 Å². The molecule has 24 heavy (non-hydrogen) atoms. The number of ether oxygens (including phenoxy) is 1. The Hall–Kier alpha value is -2.15. The van der Waals surface area contributed by atoms with Crippen LogP contribution in [0.15, 0.2) is 23.0 Å². The van der Waals surface area contributed by atoms with E-state index in [1.807, 2.05) is 20.8 Å². The summed E-state index contributed by atoms with van der Waals surface area (Å²) in [5.74, 6) is 0.593. The van der Waals surface area contributed by atoms with Gasteiger partial charge in [-0.2, -0.15) is 0 Å². The van der Waals surface area contributed by atoms with E-state index in [0.717, 1.165) is 12.8 Å². The summed E-state index contributed by atoms with van der Waals surface area (Å²) in [4.78, 5) is 22.2. The molecule has 1 atom stereocenters. The zero-order valence-electron chi connectivity index (χ0n) is 13.8. The van der Waals surface area contributed by atoms with Crippen LogP contribution in [0, 0.1) is 0 Å². The number of nitrogens with zero attached hydrogens (tertiary/aromatic N) is 4. The molecule has 0 spiro atoms. The first-order valence-corrected chi connectivity index (χ1v) is 8.16. The lowest BCUT2D eigenvalue weighted by Gasteiger charge is -2.27. The number of carbonyl (C=O) groups excluding carboxylic acids is 1. The molecule has 3 rings (SSSR count). The van der Waals surface area contributed by atoms with E-state index < -0.39 is 5.60 Å². The van der Waals surface area contributed by atoms with Crippen molar-refractivity contribution in [1.29, 1.82) is 0 Å². The highest BCUT2D eigenvalue weighted by Gasteiger charge is 2.35. The Morgan fingerprint density at radius 2 is 2.12 bits per heavy atom. The van der Waals surface area contributed by atoms with Crippen molar-refractivity contribution in [2.75, 3.05) is 6.54 Å².